The Morgan fingerprint density at radius 3 is 0.692 bits per heavy atom. The minimum absolute atomic E-state index is 0. The second kappa shape index (κ2) is 37.2. The molecule has 0 unspecified atom stereocenters. The Morgan fingerprint density at radius 1 is 0.692 bits per heavy atom. The van der Waals surface area contributed by atoms with Gasteiger partial charge in [-0.2, -0.15) is 8.42 Å². The monoisotopic (exact) mass is 298 g/mol. The maximum absolute atomic E-state index is 8.74. The molecule has 0 saturated heterocycles. The zero-order valence-electron chi connectivity index (χ0n) is 5.53. The predicted octanol–water partition coefficient (Wildman–Crippen LogP) is -6.25. The molecule has 0 radical (unpaired) electrons. The molecular weight excluding hydrogens is 283 g/mol. The van der Waals surface area contributed by atoms with Gasteiger partial charge in [0.15, 0.2) is 0 Å². The van der Waals surface area contributed by atoms with E-state index >= 15 is 0 Å². The molecule has 0 aromatic heterocycles. The normalized spacial score (nSPS) is 4.46. The third kappa shape index (κ3) is 594. The minimum atomic E-state index is -4.67. The van der Waals surface area contributed by atoms with E-state index in [1.807, 2.05) is 0 Å². The van der Waals surface area contributed by atoms with Crippen LogP contribution in [0.5, 0.6) is 0 Å². The van der Waals surface area contributed by atoms with Crippen LogP contribution < -0.4 is 0 Å². The molecule has 10 nitrogen and oxygen atoms in total. The molecule has 14 N–H and O–H groups in total. The zero-order valence-corrected chi connectivity index (χ0v) is 7.62. The summed E-state index contributed by atoms with van der Waals surface area (Å²) in [5.74, 6) is 0. The summed E-state index contributed by atoms with van der Waals surface area (Å²) in [5.41, 5.74) is 0. The van der Waals surface area contributed by atoms with Crippen molar-refractivity contribution in [3.05, 3.63) is 0 Å². The van der Waals surface area contributed by atoms with Gasteiger partial charge in [0.25, 0.3) is 0 Å². The molecule has 0 aliphatic rings. The second-order valence-electron chi connectivity index (χ2n) is 0.448. The van der Waals surface area contributed by atoms with Crippen LogP contribution in [-0.4, -0.2) is 102 Å². The van der Waals surface area contributed by atoms with E-state index in [0.29, 0.717) is 0 Å². The number of hydrogen-bond donors (Lipinski definition) is 2. The SMILES string of the molecule is O.O.O.O.O.O.O=S(=O)(O)O.[Cr].[KH]. The Morgan fingerprint density at radius 2 is 0.692 bits per heavy atom. The molecule has 0 amide bonds. The molecule has 13 heteroatoms. The van der Waals surface area contributed by atoms with Crippen molar-refractivity contribution < 1.29 is 67.7 Å². The van der Waals surface area contributed by atoms with Gasteiger partial charge >= 0.3 is 61.8 Å². The van der Waals surface area contributed by atoms with Crippen LogP contribution >= 0.6 is 0 Å². The van der Waals surface area contributed by atoms with Gasteiger partial charge in [0.1, 0.15) is 0 Å². The van der Waals surface area contributed by atoms with Crippen molar-refractivity contribution in [3.63, 3.8) is 0 Å². The van der Waals surface area contributed by atoms with Crippen molar-refractivity contribution in [2.24, 2.45) is 0 Å². The van der Waals surface area contributed by atoms with E-state index in [0.717, 1.165) is 0 Å². The van der Waals surface area contributed by atoms with E-state index in [1.54, 1.807) is 0 Å². The number of rotatable bonds is 0. The predicted molar refractivity (Wildman–Crippen MR) is 43.0 cm³/mol. The summed E-state index contributed by atoms with van der Waals surface area (Å²) in [7, 11) is -4.67. The van der Waals surface area contributed by atoms with Gasteiger partial charge in [0, 0.05) is 17.4 Å². The van der Waals surface area contributed by atoms with Crippen molar-refractivity contribution in [2.75, 3.05) is 0 Å². The zero-order chi connectivity index (χ0) is 4.50. The van der Waals surface area contributed by atoms with Crippen LogP contribution in [0, 0.1) is 0 Å². The van der Waals surface area contributed by atoms with Gasteiger partial charge in [-0.3, -0.25) is 9.11 Å². The standard InChI is InChI=1S/Cr.K.H2O4S.6H2O.H/c;;1-5(2,3)4;;;;;;;/h;;(H2,1,2,3,4);6*1H2;. The molecule has 88 valence electrons. The van der Waals surface area contributed by atoms with E-state index in [-0.39, 0.29) is 102 Å². The molecule has 0 fully saturated rings. The van der Waals surface area contributed by atoms with Gasteiger partial charge in [-0.1, -0.05) is 0 Å². The van der Waals surface area contributed by atoms with Crippen LogP contribution in [-0.2, 0) is 27.8 Å². The first-order chi connectivity index (χ1) is 2.00. The summed E-state index contributed by atoms with van der Waals surface area (Å²) in [5, 5.41) is 0. The van der Waals surface area contributed by atoms with Crippen molar-refractivity contribution in [2.45, 2.75) is 0 Å². The average molecular weight is 298 g/mol. The molecule has 0 spiro atoms. The summed E-state index contributed by atoms with van der Waals surface area (Å²) < 4.78 is 31.6. The average Bonchev–Trinajstić information content (AvgIpc) is 0.722. The van der Waals surface area contributed by atoms with Gasteiger partial charge in [0.2, 0.25) is 0 Å². The fourth-order valence-corrected chi connectivity index (χ4v) is 0. The Balaban J connectivity index is -0.00000000286. The van der Waals surface area contributed by atoms with Crippen molar-refractivity contribution in [1.82, 2.24) is 0 Å². The van der Waals surface area contributed by atoms with Crippen molar-refractivity contribution in [1.29, 1.82) is 0 Å². The molecule has 0 aromatic rings. The van der Waals surface area contributed by atoms with Gasteiger partial charge in [-0.05, 0) is 0 Å². The summed E-state index contributed by atoms with van der Waals surface area (Å²) in [6.45, 7) is 0. The summed E-state index contributed by atoms with van der Waals surface area (Å²) in [4.78, 5) is 0. The molecule has 13 heavy (non-hydrogen) atoms. The molecule has 0 saturated carbocycles. The Bertz CT molecular complexity index is 98.1. The molecule has 0 bridgehead atoms. The van der Waals surface area contributed by atoms with Crippen molar-refractivity contribution >= 4 is 61.8 Å². The Kier molecular flexibility index (Phi) is 240. The first-order valence-corrected chi connectivity index (χ1v) is 2.10. The Hall–Kier alpha value is 1.80. The van der Waals surface area contributed by atoms with Crippen LogP contribution in [0.4, 0.5) is 0 Å². The summed E-state index contributed by atoms with van der Waals surface area (Å²) in [6.07, 6.45) is 0. The van der Waals surface area contributed by atoms with E-state index in [4.69, 9.17) is 17.5 Å². The molecule has 0 heterocycles. The topological polar surface area (TPSA) is 264 Å². The van der Waals surface area contributed by atoms with Crippen LogP contribution in [0.25, 0.3) is 0 Å². The summed E-state index contributed by atoms with van der Waals surface area (Å²) >= 11 is 0. The van der Waals surface area contributed by atoms with Crippen LogP contribution in [0.3, 0.4) is 0 Å². The number of hydrogen-bond acceptors (Lipinski definition) is 2. The molecule has 0 aliphatic heterocycles. The molecule has 0 rings (SSSR count). The van der Waals surface area contributed by atoms with Crippen LogP contribution in [0.15, 0.2) is 0 Å². The third-order valence-electron chi connectivity index (χ3n) is 0. The second-order valence-corrected chi connectivity index (χ2v) is 1.34. The Labute approximate surface area is 128 Å². The van der Waals surface area contributed by atoms with E-state index in [9.17, 15) is 0 Å². The maximum atomic E-state index is 8.74. The van der Waals surface area contributed by atoms with Gasteiger partial charge in [-0.25, -0.2) is 0 Å². The van der Waals surface area contributed by atoms with E-state index < -0.39 is 10.4 Å². The molecule has 0 aromatic carbocycles. The van der Waals surface area contributed by atoms with Gasteiger partial charge in [-0.15, -0.1) is 0 Å². The van der Waals surface area contributed by atoms with Crippen LogP contribution in [0.2, 0.25) is 0 Å². The first-order valence-electron chi connectivity index (χ1n) is 0.698. The molecule has 0 aliphatic carbocycles. The van der Waals surface area contributed by atoms with E-state index in [2.05, 4.69) is 0 Å². The third-order valence-corrected chi connectivity index (χ3v) is 0. The fourth-order valence-electron chi connectivity index (χ4n) is 0. The van der Waals surface area contributed by atoms with E-state index in [1.165, 1.54) is 0 Å². The molecule has 0 atom stereocenters. The van der Waals surface area contributed by atoms with Gasteiger partial charge in [0.05, 0.1) is 0 Å². The summed E-state index contributed by atoms with van der Waals surface area (Å²) in [6, 6.07) is 0. The molecular formula is H15CrKO10S. The fraction of sp³-hybridized carbons (Fsp3) is 0. The first kappa shape index (κ1) is 83.8. The van der Waals surface area contributed by atoms with Gasteiger partial charge < -0.3 is 32.9 Å². The quantitative estimate of drug-likeness (QED) is 0.326. The van der Waals surface area contributed by atoms with Crippen LogP contribution in [0.1, 0.15) is 0 Å². The van der Waals surface area contributed by atoms with Crippen molar-refractivity contribution in [3.8, 4) is 0 Å².